The number of aryl methyl sites for hydroxylation is 1. The van der Waals surface area contributed by atoms with Crippen LogP contribution in [0.4, 0.5) is 5.82 Å². The summed E-state index contributed by atoms with van der Waals surface area (Å²) in [6.45, 7) is 5.92. The number of piperazine rings is 1. The summed E-state index contributed by atoms with van der Waals surface area (Å²) in [4.78, 5) is 13.6. The van der Waals surface area contributed by atoms with Crippen LogP contribution in [0.25, 0.3) is 11.1 Å². The van der Waals surface area contributed by atoms with Gasteiger partial charge >= 0.3 is 0 Å². The number of fused-ring (bicyclic) bond motifs is 1. The van der Waals surface area contributed by atoms with Gasteiger partial charge in [0.05, 0.1) is 4.47 Å². The predicted octanol–water partition coefficient (Wildman–Crippen LogP) is 2.05. The Morgan fingerprint density at radius 3 is 2.72 bits per heavy atom. The second kappa shape index (κ2) is 4.51. The highest BCUT2D eigenvalue weighted by Crippen LogP contribution is 2.30. The Hall–Kier alpha value is -1.14. The van der Waals surface area contributed by atoms with Gasteiger partial charge in [-0.2, -0.15) is 0 Å². The highest BCUT2D eigenvalue weighted by atomic mass is 79.9. The van der Waals surface area contributed by atoms with E-state index in [4.69, 9.17) is 4.42 Å². The molecule has 0 aliphatic carbocycles. The van der Waals surface area contributed by atoms with Gasteiger partial charge < -0.3 is 14.2 Å². The first kappa shape index (κ1) is 11.9. The summed E-state index contributed by atoms with van der Waals surface area (Å²) in [6.07, 6.45) is 1.79. The van der Waals surface area contributed by atoms with Gasteiger partial charge in [0.25, 0.3) is 0 Å². The number of hydrogen-bond donors (Lipinski definition) is 0. The van der Waals surface area contributed by atoms with Crippen LogP contribution in [-0.2, 0) is 0 Å². The van der Waals surface area contributed by atoms with Crippen molar-refractivity contribution >= 4 is 32.8 Å². The molecular weight excluding hydrogens is 296 g/mol. The quantitative estimate of drug-likeness (QED) is 0.806. The average Bonchev–Trinajstić information content (AvgIpc) is 2.74. The second-order valence-corrected chi connectivity index (χ2v) is 5.49. The minimum atomic E-state index is 0.675. The second-order valence-electron chi connectivity index (χ2n) is 4.63. The third-order valence-corrected chi connectivity index (χ3v) is 3.83. The molecule has 1 fully saturated rings. The summed E-state index contributed by atoms with van der Waals surface area (Å²) in [5, 5.41) is 0. The summed E-state index contributed by atoms with van der Waals surface area (Å²) in [7, 11) is 2.14. The largest absolute Gasteiger partial charge is 0.440 e. The van der Waals surface area contributed by atoms with Crippen LogP contribution in [0.15, 0.2) is 15.1 Å². The van der Waals surface area contributed by atoms with Gasteiger partial charge in [-0.15, -0.1) is 0 Å². The Kier molecular flexibility index (Phi) is 2.99. The minimum Gasteiger partial charge on any atom is -0.440 e. The van der Waals surface area contributed by atoms with Crippen molar-refractivity contribution in [3.63, 3.8) is 0 Å². The lowest BCUT2D eigenvalue weighted by atomic mass is 10.3. The molecule has 0 spiro atoms. The van der Waals surface area contributed by atoms with Crippen LogP contribution in [0.2, 0.25) is 0 Å². The lowest BCUT2D eigenvalue weighted by molar-refractivity contribution is 0.312. The lowest BCUT2D eigenvalue weighted by Gasteiger charge is -2.33. The smallest absolute Gasteiger partial charge is 0.192 e. The van der Waals surface area contributed by atoms with E-state index in [1.54, 1.807) is 6.20 Å². The van der Waals surface area contributed by atoms with E-state index in [1.807, 2.05) is 6.92 Å². The number of nitrogens with zero attached hydrogens (tertiary/aromatic N) is 4. The number of aromatic nitrogens is 2. The molecule has 0 unspecified atom stereocenters. The van der Waals surface area contributed by atoms with Gasteiger partial charge in [0.2, 0.25) is 0 Å². The first-order chi connectivity index (χ1) is 8.65. The number of halogens is 1. The zero-order valence-electron chi connectivity index (χ0n) is 10.5. The minimum absolute atomic E-state index is 0.675. The Labute approximate surface area is 114 Å². The van der Waals surface area contributed by atoms with Crippen LogP contribution in [0.3, 0.4) is 0 Å². The van der Waals surface area contributed by atoms with Crippen molar-refractivity contribution in [2.75, 3.05) is 38.1 Å². The van der Waals surface area contributed by atoms with Gasteiger partial charge in [0.1, 0.15) is 0 Å². The highest BCUT2D eigenvalue weighted by Gasteiger charge is 2.20. The van der Waals surface area contributed by atoms with Crippen LogP contribution in [-0.4, -0.2) is 48.1 Å². The molecule has 1 aliphatic heterocycles. The zero-order chi connectivity index (χ0) is 12.7. The normalized spacial score (nSPS) is 17.6. The van der Waals surface area contributed by atoms with Crippen molar-refractivity contribution in [1.82, 2.24) is 14.9 Å². The van der Waals surface area contributed by atoms with E-state index < -0.39 is 0 Å². The van der Waals surface area contributed by atoms with Crippen molar-refractivity contribution in [2.24, 2.45) is 0 Å². The molecule has 0 atom stereocenters. The van der Waals surface area contributed by atoms with E-state index in [2.05, 4.69) is 42.7 Å². The van der Waals surface area contributed by atoms with Crippen LogP contribution in [0.5, 0.6) is 0 Å². The molecule has 0 bridgehead atoms. The Morgan fingerprint density at radius 2 is 2.00 bits per heavy atom. The fourth-order valence-electron chi connectivity index (χ4n) is 2.23. The van der Waals surface area contributed by atoms with E-state index in [-0.39, 0.29) is 0 Å². The third kappa shape index (κ3) is 1.99. The Balaban J connectivity index is 2.04. The molecule has 1 aliphatic rings. The molecule has 2 aromatic rings. The maximum absolute atomic E-state index is 5.62. The predicted molar refractivity (Wildman–Crippen MR) is 74.0 cm³/mol. The molecule has 6 heteroatoms. The molecular formula is C12H15BrN4O. The monoisotopic (exact) mass is 310 g/mol. The number of likely N-dealkylation sites (N-methyl/N-ethyl adjacent to an activating group) is 1. The molecule has 0 aromatic carbocycles. The summed E-state index contributed by atoms with van der Waals surface area (Å²) in [5.41, 5.74) is 1.64. The highest BCUT2D eigenvalue weighted by molar-refractivity contribution is 9.10. The Morgan fingerprint density at radius 1 is 1.28 bits per heavy atom. The van der Waals surface area contributed by atoms with Crippen molar-refractivity contribution in [3.8, 4) is 0 Å². The molecule has 0 N–H and O–H groups in total. The van der Waals surface area contributed by atoms with Gasteiger partial charge in [-0.3, -0.25) is 0 Å². The zero-order valence-corrected chi connectivity index (χ0v) is 12.1. The van der Waals surface area contributed by atoms with E-state index in [9.17, 15) is 0 Å². The summed E-state index contributed by atoms with van der Waals surface area (Å²) < 4.78 is 6.47. The molecule has 1 saturated heterocycles. The van der Waals surface area contributed by atoms with Crippen LogP contribution < -0.4 is 4.90 Å². The summed E-state index contributed by atoms with van der Waals surface area (Å²) in [6, 6.07) is 0. The van der Waals surface area contributed by atoms with Crippen LogP contribution in [0.1, 0.15) is 5.89 Å². The van der Waals surface area contributed by atoms with Gasteiger partial charge in [-0.1, -0.05) is 0 Å². The number of pyridine rings is 1. The van der Waals surface area contributed by atoms with Gasteiger partial charge in [-0.25, -0.2) is 9.97 Å². The van der Waals surface area contributed by atoms with Gasteiger partial charge in [0.15, 0.2) is 22.8 Å². The number of anilines is 1. The standard InChI is InChI=1S/C12H15BrN4O/c1-8-15-10-11(18-8)9(13)7-14-12(10)17-5-3-16(2)4-6-17/h7H,3-6H2,1-2H3. The van der Waals surface area contributed by atoms with Gasteiger partial charge in [-0.05, 0) is 23.0 Å². The molecule has 0 radical (unpaired) electrons. The molecule has 3 rings (SSSR count). The molecule has 2 aromatic heterocycles. The van der Waals surface area contributed by atoms with E-state index in [1.165, 1.54) is 0 Å². The number of oxazole rings is 1. The summed E-state index contributed by atoms with van der Waals surface area (Å²) in [5.74, 6) is 1.60. The van der Waals surface area contributed by atoms with Crippen LogP contribution >= 0.6 is 15.9 Å². The van der Waals surface area contributed by atoms with Gasteiger partial charge in [0, 0.05) is 39.3 Å². The van der Waals surface area contributed by atoms with Crippen molar-refractivity contribution in [2.45, 2.75) is 6.92 Å². The molecule has 18 heavy (non-hydrogen) atoms. The molecule has 0 amide bonds. The fraction of sp³-hybridized carbons (Fsp3) is 0.500. The van der Waals surface area contributed by atoms with Crippen molar-refractivity contribution < 1.29 is 4.42 Å². The molecule has 3 heterocycles. The van der Waals surface area contributed by atoms with Crippen molar-refractivity contribution in [3.05, 3.63) is 16.6 Å². The first-order valence-corrected chi connectivity index (χ1v) is 6.79. The topological polar surface area (TPSA) is 45.4 Å². The third-order valence-electron chi connectivity index (χ3n) is 3.27. The number of rotatable bonds is 1. The first-order valence-electron chi connectivity index (χ1n) is 6.00. The lowest BCUT2D eigenvalue weighted by Crippen LogP contribution is -2.44. The molecule has 96 valence electrons. The Bertz CT molecular complexity index is 575. The number of hydrogen-bond acceptors (Lipinski definition) is 5. The molecule has 5 nitrogen and oxygen atoms in total. The summed E-state index contributed by atoms with van der Waals surface area (Å²) >= 11 is 3.45. The van der Waals surface area contributed by atoms with E-state index in [0.29, 0.717) is 5.89 Å². The van der Waals surface area contributed by atoms with E-state index >= 15 is 0 Å². The SMILES string of the molecule is Cc1nc2c(N3CCN(C)CC3)ncc(Br)c2o1. The van der Waals surface area contributed by atoms with Crippen molar-refractivity contribution in [1.29, 1.82) is 0 Å². The van der Waals surface area contributed by atoms with E-state index in [0.717, 1.165) is 47.6 Å². The average molecular weight is 311 g/mol. The maximum atomic E-state index is 5.62. The molecule has 0 saturated carbocycles. The fourth-order valence-corrected chi connectivity index (χ4v) is 2.60. The maximum Gasteiger partial charge on any atom is 0.192 e. The van der Waals surface area contributed by atoms with Crippen LogP contribution in [0, 0.1) is 6.92 Å².